The summed E-state index contributed by atoms with van der Waals surface area (Å²) in [6.45, 7) is 0. The fraction of sp³-hybridized carbons (Fsp3) is 0.0435. The Morgan fingerprint density at radius 1 is 0.560 bits per heavy atom. The third-order valence-corrected chi connectivity index (χ3v) is 5.71. The second-order valence-corrected chi connectivity index (χ2v) is 7.63. The molecule has 2 heteroatoms. The Morgan fingerprint density at radius 3 is 1.76 bits per heavy atom. The SMILES string of the molecule is c1ccc(C(O[SiH2]c2ccc3ccccc3c2)c2ccccc2)cc1. The summed E-state index contributed by atoms with van der Waals surface area (Å²) < 4.78 is 6.49. The molecule has 0 amide bonds. The van der Waals surface area contributed by atoms with Gasteiger partial charge in [-0.3, -0.25) is 0 Å². The Bertz CT molecular complexity index is 912. The Balaban J connectivity index is 1.60. The summed E-state index contributed by atoms with van der Waals surface area (Å²) in [5, 5.41) is 3.89. The maximum atomic E-state index is 6.49. The van der Waals surface area contributed by atoms with E-state index < -0.39 is 9.76 Å². The maximum Gasteiger partial charge on any atom is 0.193 e. The lowest BCUT2D eigenvalue weighted by Gasteiger charge is -2.19. The van der Waals surface area contributed by atoms with Crippen LogP contribution in [0.25, 0.3) is 10.8 Å². The van der Waals surface area contributed by atoms with E-state index in [1.54, 1.807) is 0 Å². The molecule has 0 aliphatic heterocycles. The zero-order valence-electron chi connectivity index (χ0n) is 14.0. The average molecular weight is 340 g/mol. The van der Waals surface area contributed by atoms with Gasteiger partial charge in [-0.15, -0.1) is 0 Å². The fourth-order valence-electron chi connectivity index (χ4n) is 3.15. The molecule has 0 saturated heterocycles. The van der Waals surface area contributed by atoms with Crippen LogP contribution >= 0.6 is 0 Å². The van der Waals surface area contributed by atoms with E-state index in [-0.39, 0.29) is 6.10 Å². The number of fused-ring (bicyclic) bond motifs is 1. The van der Waals surface area contributed by atoms with Crippen molar-refractivity contribution in [3.63, 3.8) is 0 Å². The number of benzene rings is 4. The molecule has 0 aromatic heterocycles. The van der Waals surface area contributed by atoms with Gasteiger partial charge in [0.15, 0.2) is 9.76 Å². The van der Waals surface area contributed by atoms with Crippen molar-refractivity contribution in [3.05, 3.63) is 114 Å². The average Bonchev–Trinajstić information content (AvgIpc) is 2.70. The zero-order valence-corrected chi connectivity index (χ0v) is 15.4. The second-order valence-electron chi connectivity index (χ2n) is 6.19. The molecule has 4 aromatic rings. The molecule has 0 fully saturated rings. The summed E-state index contributed by atoms with van der Waals surface area (Å²) in [4.78, 5) is 0. The third-order valence-electron chi connectivity index (χ3n) is 4.44. The Kier molecular flexibility index (Phi) is 4.73. The van der Waals surface area contributed by atoms with Crippen molar-refractivity contribution < 1.29 is 4.43 Å². The van der Waals surface area contributed by atoms with E-state index in [0.717, 1.165) is 0 Å². The highest BCUT2D eigenvalue weighted by molar-refractivity contribution is 6.47. The molecular weight excluding hydrogens is 320 g/mol. The lowest BCUT2D eigenvalue weighted by Crippen LogP contribution is -2.20. The predicted molar refractivity (Wildman–Crippen MR) is 108 cm³/mol. The minimum Gasteiger partial charge on any atom is -0.408 e. The second kappa shape index (κ2) is 7.47. The lowest BCUT2D eigenvalue weighted by atomic mass is 10.0. The summed E-state index contributed by atoms with van der Waals surface area (Å²) in [7, 11) is -0.835. The first-order chi connectivity index (χ1) is 12.4. The molecule has 1 nitrogen and oxygen atoms in total. The van der Waals surface area contributed by atoms with Crippen molar-refractivity contribution in [2.45, 2.75) is 6.10 Å². The van der Waals surface area contributed by atoms with Gasteiger partial charge in [0, 0.05) is 0 Å². The van der Waals surface area contributed by atoms with Gasteiger partial charge in [-0.25, -0.2) is 0 Å². The minimum atomic E-state index is -0.835. The van der Waals surface area contributed by atoms with Crippen molar-refractivity contribution in [3.8, 4) is 0 Å². The molecule has 4 rings (SSSR count). The largest absolute Gasteiger partial charge is 0.408 e. The molecule has 0 aliphatic carbocycles. The summed E-state index contributed by atoms with van der Waals surface area (Å²) in [6.07, 6.45) is 0.000497. The van der Waals surface area contributed by atoms with E-state index in [0.29, 0.717) is 0 Å². The van der Waals surface area contributed by atoms with Crippen LogP contribution in [-0.4, -0.2) is 9.76 Å². The molecule has 0 spiro atoms. The first kappa shape index (κ1) is 15.8. The highest BCUT2D eigenvalue weighted by Crippen LogP contribution is 2.25. The minimum absolute atomic E-state index is 0.000497. The van der Waals surface area contributed by atoms with E-state index in [1.165, 1.54) is 27.1 Å². The van der Waals surface area contributed by atoms with E-state index in [2.05, 4.69) is 91.0 Å². The summed E-state index contributed by atoms with van der Waals surface area (Å²) >= 11 is 0. The molecule has 0 aliphatic rings. The summed E-state index contributed by atoms with van der Waals surface area (Å²) in [6, 6.07) is 36.1. The van der Waals surface area contributed by atoms with Gasteiger partial charge >= 0.3 is 0 Å². The van der Waals surface area contributed by atoms with Crippen molar-refractivity contribution >= 4 is 25.7 Å². The van der Waals surface area contributed by atoms with E-state index in [1.807, 2.05) is 12.1 Å². The lowest BCUT2D eigenvalue weighted by molar-refractivity contribution is 0.266. The van der Waals surface area contributed by atoms with Crippen molar-refractivity contribution in [2.24, 2.45) is 0 Å². The topological polar surface area (TPSA) is 9.23 Å². The van der Waals surface area contributed by atoms with Crippen LogP contribution in [0, 0.1) is 0 Å². The van der Waals surface area contributed by atoms with Crippen molar-refractivity contribution in [2.75, 3.05) is 0 Å². The Morgan fingerprint density at radius 2 is 1.12 bits per heavy atom. The zero-order chi connectivity index (χ0) is 16.9. The standard InChI is InChI=1S/C23H20OSi/c1-3-10-19(11-4-1)23(20-12-5-2-6-13-20)24-25-22-16-15-18-9-7-8-14-21(18)17-22/h1-17,23H,25H2. The molecule has 0 atom stereocenters. The molecular formula is C23H20OSi. The van der Waals surface area contributed by atoms with Crippen LogP contribution in [0.5, 0.6) is 0 Å². The first-order valence-corrected chi connectivity index (χ1v) is 9.88. The first-order valence-electron chi connectivity index (χ1n) is 8.59. The molecule has 25 heavy (non-hydrogen) atoms. The highest BCUT2D eigenvalue weighted by atomic mass is 28.2. The van der Waals surface area contributed by atoms with Crippen LogP contribution in [0.4, 0.5) is 0 Å². The van der Waals surface area contributed by atoms with E-state index in [9.17, 15) is 0 Å². The normalized spacial score (nSPS) is 11.6. The Hall–Kier alpha value is -2.68. The smallest absolute Gasteiger partial charge is 0.193 e. The summed E-state index contributed by atoms with van der Waals surface area (Å²) in [5.74, 6) is 0. The molecule has 122 valence electrons. The quantitative estimate of drug-likeness (QED) is 0.491. The van der Waals surface area contributed by atoms with Crippen LogP contribution in [0.1, 0.15) is 17.2 Å². The van der Waals surface area contributed by atoms with Crippen LogP contribution in [-0.2, 0) is 4.43 Å². The van der Waals surface area contributed by atoms with Gasteiger partial charge in [0.1, 0.15) is 0 Å². The van der Waals surface area contributed by atoms with Gasteiger partial charge in [-0.2, -0.15) is 0 Å². The van der Waals surface area contributed by atoms with Gasteiger partial charge in [0.25, 0.3) is 0 Å². The van der Waals surface area contributed by atoms with Gasteiger partial charge in [0.2, 0.25) is 0 Å². The van der Waals surface area contributed by atoms with Gasteiger partial charge < -0.3 is 4.43 Å². The van der Waals surface area contributed by atoms with Gasteiger partial charge in [-0.1, -0.05) is 103 Å². The van der Waals surface area contributed by atoms with Crippen LogP contribution in [0.3, 0.4) is 0 Å². The molecule has 4 aromatic carbocycles. The maximum absolute atomic E-state index is 6.49. The van der Waals surface area contributed by atoms with Gasteiger partial charge in [-0.05, 0) is 27.1 Å². The molecule has 0 saturated carbocycles. The van der Waals surface area contributed by atoms with E-state index >= 15 is 0 Å². The van der Waals surface area contributed by atoms with E-state index in [4.69, 9.17) is 4.43 Å². The Labute approximate surface area is 150 Å². The number of hydrogen-bond acceptors (Lipinski definition) is 1. The predicted octanol–water partition coefficient (Wildman–Crippen LogP) is 4.36. The number of hydrogen-bond donors (Lipinski definition) is 0. The molecule has 0 N–H and O–H groups in total. The monoisotopic (exact) mass is 340 g/mol. The van der Waals surface area contributed by atoms with Crippen LogP contribution in [0.15, 0.2) is 103 Å². The van der Waals surface area contributed by atoms with Crippen LogP contribution < -0.4 is 5.19 Å². The van der Waals surface area contributed by atoms with Crippen molar-refractivity contribution in [1.82, 2.24) is 0 Å². The fourth-order valence-corrected chi connectivity index (χ4v) is 4.41. The van der Waals surface area contributed by atoms with Crippen molar-refractivity contribution in [1.29, 1.82) is 0 Å². The molecule has 0 radical (unpaired) electrons. The van der Waals surface area contributed by atoms with Crippen LogP contribution in [0.2, 0.25) is 0 Å². The molecule has 0 heterocycles. The molecule has 0 bridgehead atoms. The number of rotatable bonds is 5. The molecule has 0 unspecified atom stereocenters. The van der Waals surface area contributed by atoms with Gasteiger partial charge in [0.05, 0.1) is 6.10 Å². The third kappa shape index (κ3) is 3.71. The summed E-state index contributed by atoms with van der Waals surface area (Å²) in [5.41, 5.74) is 2.42. The highest BCUT2D eigenvalue weighted by Gasteiger charge is 2.14.